The lowest BCUT2D eigenvalue weighted by Gasteiger charge is -2.32. The van der Waals surface area contributed by atoms with E-state index in [1.165, 1.54) is 30.2 Å². The van der Waals surface area contributed by atoms with Crippen LogP contribution in [0, 0.1) is 0 Å². The second-order valence-corrected chi connectivity index (χ2v) is 9.13. The number of benzene rings is 1. The zero-order chi connectivity index (χ0) is 19.5. The molecule has 6 heteroatoms. The summed E-state index contributed by atoms with van der Waals surface area (Å²) in [6, 6.07) is 9.56. The van der Waals surface area contributed by atoms with E-state index in [2.05, 4.69) is 57.9 Å². The average molecular weight is 399 g/mol. The maximum atomic E-state index is 12.5. The Kier molecular flexibility index (Phi) is 6.07. The highest BCUT2D eigenvalue weighted by Gasteiger charge is 2.32. The quantitative estimate of drug-likeness (QED) is 0.720. The summed E-state index contributed by atoms with van der Waals surface area (Å²) < 4.78 is 2.10. The predicted molar refractivity (Wildman–Crippen MR) is 114 cm³/mol. The molecule has 2 aromatic rings. The number of para-hydroxylation sites is 1. The second-order valence-electron chi connectivity index (χ2n) is 8.19. The molecule has 5 nitrogen and oxygen atoms in total. The molecule has 1 aliphatic heterocycles. The normalized spacial score (nSPS) is 18.5. The number of amides is 1. The van der Waals surface area contributed by atoms with Gasteiger partial charge in [0.15, 0.2) is 5.16 Å². The first kappa shape index (κ1) is 19.5. The molecule has 1 saturated heterocycles. The molecule has 4 rings (SSSR count). The van der Waals surface area contributed by atoms with Crippen LogP contribution >= 0.6 is 11.8 Å². The minimum atomic E-state index is 0.113. The monoisotopic (exact) mass is 398 g/mol. The molecule has 1 N–H and O–H groups in total. The summed E-state index contributed by atoms with van der Waals surface area (Å²) in [6.07, 6.45) is 8.66. The summed E-state index contributed by atoms with van der Waals surface area (Å²) in [5.74, 6) is 0.951. The van der Waals surface area contributed by atoms with Crippen LogP contribution in [-0.4, -0.2) is 51.3 Å². The number of imidazole rings is 1. The van der Waals surface area contributed by atoms with Gasteiger partial charge in [0.25, 0.3) is 0 Å². The molecule has 1 aliphatic carbocycles. The third-order valence-electron chi connectivity index (χ3n) is 5.72. The van der Waals surface area contributed by atoms with Crippen molar-refractivity contribution in [3.8, 4) is 5.69 Å². The summed E-state index contributed by atoms with van der Waals surface area (Å²) in [4.78, 5) is 19.5. The highest BCUT2D eigenvalue weighted by molar-refractivity contribution is 7.99. The summed E-state index contributed by atoms with van der Waals surface area (Å²) in [5, 5.41) is 4.09. The molecule has 2 heterocycles. The minimum Gasteiger partial charge on any atom is -0.353 e. The van der Waals surface area contributed by atoms with Gasteiger partial charge in [0.2, 0.25) is 5.91 Å². The van der Waals surface area contributed by atoms with Gasteiger partial charge in [-0.2, -0.15) is 0 Å². The van der Waals surface area contributed by atoms with Gasteiger partial charge >= 0.3 is 0 Å². The van der Waals surface area contributed by atoms with E-state index < -0.39 is 0 Å². The zero-order valence-corrected chi connectivity index (χ0v) is 17.6. The first-order chi connectivity index (χ1) is 13.6. The molecule has 0 radical (unpaired) electrons. The van der Waals surface area contributed by atoms with Crippen LogP contribution in [0.1, 0.15) is 51.0 Å². The van der Waals surface area contributed by atoms with Crippen LogP contribution in [0.4, 0.5) is 0 Å². The van der Waals surface area contributed by atoms with Crippen LogP contribution < -0.4 is 5.32 Å². The van der Waals surface area contributed by atoms with Gasteiger partial charge in [0, 0.05) is 37.6 Å². The van der Waals surface area contributed by atoms with Gasteiger partial charge in [-0.05, 0) is 43.2 Å². The van der Waals surface area contributed by atoms with Crippen molar-refractivity contribution >= 4 is 17.7 Å². The number of rotatable bonds is 7. The summed E-state index contributed by atoms with van der Waals surface area (Å²) >= 11 is 1.51. The third kappa shape index (κ3) is 4.61. The topological polar surface area (TPSA) is 50.2 Å². The zero-order valence-electron chi connectivity index (χ0n) is 16.8. The first-order valence-corrected chi connectivity index (χ1v) is 11.4. The van der Waals surface area contributed by atoms with Crippen molar-refractivity contribution in [2.24, 2.45) is 0 Å². The molecule has 150 valence electrons. The highest BCUT2D eigenvalue weighted by atomic mass is 32.2. The molecule has 0 spiro atoms. The van der Waals surface area contributed by atoms with E-state index in [1.807, 2.05) is 12.4 Å². The van der Waals surface area contributed by atoms with Gasteiger partial charge in [-0.1, -0.05) is 43.8 Å². The SMILES string of the molecule is CC(C)c1ccccc1-n1ccnc1SCC(=O)NC1CCN(C2CC2)CC1. The maximum Gasteiger partial charge on any atom is 0.230 e. The van der Waals surface area contributed by atoms with Crippen molar-refractivity contribution in [1.82, 2.24) is 19.8 Å². The van der Waals surface area contributed by atoms with Crippen LogP contribution in [0.3, 0.4) is 0 Å². The number of nitrogens with zero attached hydrogens (tertiary/aromatic N) is 3. The molecule has 1 amide bonds. The van der Waals surface area contributed by atoms with Gasteiger partial charge in [-0.15, -0.1) is 0 Å². The van der Waals surface area contributed by atoms with Crippen molar-refractivity contribution in [2.45, 2.75) is 62.7 Å². The highest BCUT2D eigenvalue weighted by Crippen LogP contribution is 2.29. The smallest absolute Gasteiger partial charge is 0.230 e. The fourth-order valence-electron chi connectivity index (χ4n) is 4.02. The van der Waals surface area contributed by atoms with Gasteiger partial charge < -0.3 is 10.2 Å². The van der Waals surface area contributed by atoms with E-state index >= 15 is 0 Å². The summed E-state index contributed by atoms with van der Waals surface area (Å²) in [5.41, 5.74) is 2.43. The number of hydrogen-bond donors (Lipinski definition) is 1. The molecule has 1 aromatic heterocycles. The van der Waals surface area contributed by atoms with Crippen LogP contribution in [-0.2, 0) is 4.79 Å². The Labute approximate surface area is 171 Å². The molecule has 2 aliphatic rings. The Hall–Kier alpha value is -1.79. The molecule has 2 fully saturated rings. The Balaban J connectivity index is 1.32. The van der Waals surface area contributed by atoms with Crippen molar-refractivity contribution in [2.75, 3.05) is 18.8 Å². The van der Waals surface area contributed by atoms with E-state index in [9.17, 15) is 4.79 Å². The van der Waals surface area contributed by atoms with E-state index in [4.69, 9.17) is 0 Å². The lowest BCUT2D eigenvalue weighted by Crippen LogP contribution is -2.45. The molecule has 0 atom stereocenters. The standard InChI is InChI=1S/C22H30N4OS/c1-16(2)19-5-3-4-6-20(19)26-14-11-23-22(26)28-15-21(27)24-17-9-12-25(13-10-17)18-7-8-18/h3-6,11,14,16-18H,7-10,12-13,15H2,1-2H3,(H,24,27). The van der Waals surface area contributed by atoms with E-state index in [0.29, 0.717) is 17.7 Å². The van der Waals surface area contributed by atoms with Crippen molar-refractivity contribution in [3.63, 3.8) is 0 Å². The summed E-state index contributed by atoms with van der Waals surface area (Å²) in [6.45, 7) is 6.65. The van der Waals surface area contributed by atoms with Gasteiger partial charge in [-0.25, -0.2) is 4.98 Å². The number of hydrogen-bond acceptors (Lipinski definition) is 4. The van der Waals surface area contributed by atoms with E-state index in [0.717, 1.165) is 42.8 Å². The molecule has 0 bridgehead atoms. The molecule has 1 aromatic carbocycles. The number of carbonyl (C=O) groups excluding carboxylic acids is 1. The molecular weight excluding hydrogens is 368 g/mol. The lowest BCUT2D eigenvalue weighted by molar-refractivity contribution is -0.119. The van der Waals surface area contributed by atoms with Crippen LogP contribution in [0.2, 0.25) is 0 Å². The second kappa shape index (κ2) is 8.70. The van der Waals surface area contributed by atoms with E-state index in [-0.39, 0.29) is 5.91 Å². The Morgan fingerprint density at radius 2 is 1.96 bits per heavy atom. The Morgan fingerprint density at radius 1 is 1.21 bits per heavy atom. The van der Waals surface area contributed by atoms with Gasteiger partial charge in [0.1, 0.15) is 0 Å². The van der Waals surface area contributed by atoms with Crippen molar-refractivity contribution in [1.29, 1.82) is 0 Å². The van der Waals surface area contributed by atoms with Crippen LogP contribution in [0.25, 0.3) is 5.69 Å². The minimum absolute atomic E-state index is 0.113. The Morgan fingerprint density at radius 3 is 2.68 bits per heavy atom. The van der Waals surface area contributed by atoms with Crippen molar-refractivity contribution < 1.29 is 4.79 Å². The van der Waals surface area contributed by atoms with Crippen LogP contribution in [0.5, 0.6) is 0 Å². The molecular formula is C22H30N4OS. The number of piperidine rings is 1. The largest absolute Gasteiger partial charge is 0.353 e. The number of thioether (sulfide) groups is 1. The van der Waals surface area contributed by atoms with Crippen molar-refractivity contribution in [3.05, 3.63) is 42.2 Å². The molecule has 28 heavy (non-hydrogen) atoms. The number of aromatic nitrogens is 2. The fraction of sp³-hybridized carbons (Fsp3) is 0.545. The Bertz CT molecular complexity index is 806. The average Bonchev–Trinajstić information content (AvgIpc) is 3.44. The van der Waals surface area contributed by atoms with Gasteiger partial charge in [-0.3, -0.25) is 9.36 Å². The van der Waals surface area contributed by atoms with Gasteiger partial charge in [0.05, 0.1) is 11.4 Å². The lowest BCUT2D eigenvalue weighted by atomic mass is 10.0. The number of carbonyl (C=O) groups is 1. The number of likely N-dealkylation sites (tertiary alicyclic amines) is 1. The first-order valence-electron chi connectivity index (χ1n) is 10.4. The number of nitrogens with one attached hydrogen (secondary N) is 1. The summed E-state index contributed by atoms with van der Waals surface area (Å²) in [7, 11) is 0. The predicted octanol–water partition coefficient (Wildman–Crippen LogP) is 3.83. The van der Waals surface area contributed by atoms with Crippen LogP contribution in [0.15, 0.2) is 41.8 Å². The fourth-order valence-corrected chi connectivity index (χ4v) is 4.80. The molecule has 0 unspecified atom stereocenters. The maximum absolute atomic E-state index is 12.5. The van der Waals surface area contributed by atoms with E-state index in [1.54, 1.807) is 0 Å². The molecule has 1 saturated carbocycles. The third-order valence-corrected chi connectivity index (χ3v) is 6.68.